The molecule has 4 heteroatoms. The van der Waals surface area contributed by atoms with Gasteiger partial charge >= 0.3 is 5.97 Å². The SMILES string of the molecule is CC(C)CCC(O)C/C=C/[C@H]1C=CC(=O)[C@@H]1CCCCCCC(=O)O. The van der Waals surface area contributed by atoms with Gasteiger partial charge in [-0.25, -0.2) is 0 Å². The van der Waals surface area contributed by atoms with Crippen LogP contribution in [0.25, 0.3) is 0 Å². The standard InChI is InChI=1S/C21H34O4/c1-16(2)12-14-18(22)9-7-8-17-13-15-20(23)19(17)10-5-3-4-6-11-21(24)25/h7-8,13,15-19,22H,3-6,9-12,14H2,1-2H3,(H,24,25)/b8-7+/t17-,18?,19+/m0/s1. The number of allylic oxidation sites excluding steroid dienone is 3. The molecule has 4 nitrogen and oxygen atoms in total. The Morgan fingerprint density at radius 2 is 1.92 bits per heavy atom. The van der Waals surface area contributed by atoms with Crippen LogP contribution in [-0.4, -0.2) is 28.1 Å². The molecule has 0 saturated heterocycles. The Kier molecular flexibility index (Phi) is 10.4. The van der Waals surface area contributed by atoms with Gasteiger partial charge in [-0.05, 0) is 44.1 Å². The summed E-state index contributed by atoms with van der Waals surface area (Å²) in [5.74, 6) is 0.220. The lowest BCUT2D eigenvalue weighted by atomic mass is 9.88. The third-order valence-corrected chi connectivity index (χ3v) is 4.81. The number of hydrogen-bond acceptors (Lipinski definition) is 3. The summed E-state index contributed by atoms with van der Waals surface area (Å²) in [5, 5.41) is 18.6. The van der Waals surface area contributed by atoms with Crippen LogP contribution in [0.2, 0.25) is 0 Å². The van der Waals surface area contributed by atoms with Crippen LogP contribution in [0, 0.1) is 17.8 Å². The van der Waals surface area contributed by atoms with E-state index in [1.165, 1.54) is 0 Å². The number of hydrogen-bond donors (Lipinski definition) is 2. The fourth-order valence-corrected chi connectivity index (χ4v) is 3.22. The summed E-state index contributed by atoms with van der Waals surface area (Å²) in [7, 11) is 0. The molecule has 1 rings (SSSR count). The van der Waals surface area contributed by atoms with Gasteiger partial charge in [0.05, 0.1) is 6.10 Å². The highest BCUT2D eigenvalue weighted by molar-refractivity contribution is 5.94. The van der Waals surface area contributed by atoms with E-state index in [1.807, 2.05) is 12.2 Å². The molecular formula is C21H34O4. The Morgan fingerprint density at radius 1 is 1.20 bits per heavy atom. The van der Waals surface area contributed by atoms with Gasteiger partial charge in [-0.15, -0.1) is 0 Å². The normalized spacial score (nSPS) is 21.5. The third-order valence-electron chi connectivity index (χ3n) is 4.81. The molecular weight excluding hydrogens is 316 g/mol. The van der Waals surface area contributed by atoms with Crippen molar-refractivity contribution < 1.29 is 19.8 Å². The molecule has 0 amide bonds. The van der Waals surface area contributed by atoms with E-state index in [0.29, 0.717) is 18.8 Å². The van der Waals surface area contributed by atoms with Gasteiger partial charge < -0.3 is 10.2 Å². The number of carbonyl (C=O) groups is 2. The van der Waals surface area contributed by atoms with Gasteiger partial charge in [-0.2, -0.15) is 0 Å². The first-order chi connectivity index (χ1) is 11.9. The molecule has 142 valence electrons. The van der Waals surface area contributed by atoms with E-state index >= 15 is 0 Å². The van der Waals surface area contributed by atoms with Gasteiger partial charge in [-0.3, -0.25) is 9.59 Å². The van der Waals surface area contributed by atoms with E-state index in [2.05, 4.69) is 19.9 Å². The van der Waals surface area contributed by atoms with E-state index < -0.39 is 5.97 Å². The Hall–Kier alpha value is -1.42. The summed E-state index contributed by atoms with van der Waals surface area (Å²) >= 11 is 0. The Labute approximate surface area is 152 Å². The molecule has 0 aromatic carbocycles. The van der Waals surface area contributed by atoms with Crippen LogP contribution in [0.4, 0.5) is 0 Å². The van der Waals surface area contributed by atoms with Crippen LogP contribution in [0.5, 0.6) is 0 Å². The quantitative estimate of drug-likeness (QED) is 0.378. The van der Waals surface area contributed by atoms with Gasteiger partial charge in [0.1, 0.15) is 0 Å². The maximum absolute atomic E-state index is 12.0. The maximum atomic E-state index is 12.0. The summed E-state index contributed by atoms with van der Waals surface area (Å²) in [4.78, 5) is 22.5. The zero-order valence-corrected chi connectivity index (χ0v) is 15.7. The lowest BCUT2D eigenvalue weighted by molar-refractivity contribution is -0.137. The van der Waals surface area contributed by atoms with Crippen molar-refractivity contribution in [1.29, 1.82) is 0 Å². The Bertz CT molecular complexity index is 465. The maximum Gasteiger partial charge on any atom is 0.303 e. The van der Waals surface area contributed by atoms with Crippen molar-refractivity contribution in [1.82, 2.24) is 0 Å². The number of carboxylic acid groups (broad SMARTS) is 1. The summed E-state index contributed by atoms with van der Waals surface area (Å²) in [6.45, 7) is 4.31. The highest BCUT2D eigenvalue weighted by Gasteiger charge is 2.27. The Morgan fingerprint density at radius 3 is 2.60 bits per heavy atom. The highest BCUT2D eigenvalue weighted by Crippen LogP contribution is 2.29. The number of aliphatic hydroxyl groups is 1. The predicted molar refractivity (Wildman–Crippen MR) is 100 cm³/mol. The lowest BCUT2D eigenvalue weighted by Crippen LogP contribution is -2.14. The summed E-state index contributed by atoms with van der Waals surface area (Å²) < 4.78 is 0. The number of carbonyl (C=O) groups excluding carboxylic acids is 1. The third kappa shape index (κ3) is 9.59. The molecule has 25 heavy (non-hydrogen) atoms. The topological polar surface area (TPSA) is 74.6 Å². The van der Waals surface area contributed by atoms with Gasteiger partial charge in [0, 0.05) is 18.3 Å². The van der Waals surface area contributed by atoms with E-state index in [9.17, 15) is 14.7 Å². The highest BCUT2D eigenvalue weighted by atomic mass is 16.4. The van der Waals surface area contributed by atoms with E-state index in [1.54, 1.807) is 6.08 Å². The van der Waals surface area contributed by atoms with Crippen LogP contribution < -0.4 is 0 Å². The van der Waals surface area contributed by atoms with Crippen LogP contribution in [0.15, 0.2) is 24.3 Å². The van der Waals surface area contributed by atoms with Crippen molar-refractivity contribution in [2.45, 2.75) is 77.7 Å². The second-order valence-electron chi connectivity index (χ2n) is 7.58. The molecule has 2 N–H and O–H groups in total. The number of ketones is 1. The van der Waals surface area contributed by atoms with Gasteiger partial charge in [0.2, 0.25) is 0 Å². The average molecular weight is 350 g/mol. The fourth-order valence-electron chi connectivity index (χ4n) is 3.22. The number of unbranched alkanes of at least 4 members (excludes halogenated alkanes) is 3. The number of carboxylic acids is 1. The van der Waals surface area contributed by atoms with Crippen molar-refractivity contribution in [3.8, 4) is 0 Å². The van der Waals surface area contributed by atoms with Crippen LogP contribution in [0.1, 0.15) is 71.6 Å². The van der Waals surface area contributed by atoms with E-state index in [-0.39, 0.29) is 30.1 Å². The Balaban J connectivity index is 2.28. The molecule has 0 saturated carbocycles. The number of rotatable bonds is 13. The zero-order valence-electron chi connectivity index (χ0n) is 15.7. The average Bonchev–Trinajstić information content (AvgIpc) is 2.89. The van der Waals surface area contributed by atoms with E-state index in [4.69, 9.17) is 5.11 Å². The van der Waals surface area contributed by atoms with Crippen LogP contribution in [-0.2, 0) is 9.59 Å². The molecule has 1 unspecified atom stereocenters. The predicted octanol–water partition coefficient (Wildman–Crippen LogP) is 4.53. The molecule has 0 spiro atoms. The minimum absolute atomic E-state index is 0.0172. The first-order valence-corrected chi connectivity index (χ1v) is 9.68. The minimum atomic E-state index is -0.740. The van der Waals surface area contributed by atoms with Crippen LogP contribution >= 0.6 is 0 Å². The number of aliphatic hydroxyl groups excluding tert-OH is 1. The molecule has 0 heterocycles. The van der Waals surface area contributed by atoms with Crippen molar-refractivity contribution in [3.05, 3.63) is 24.3 Å². The van der Waals surface area contributed by atoms with Gasteiger partial charge in [0.15, 0.2) is 5.78 Å². The van der Waals surface area contributed by atoms with Crippen LogP contribution in [0.3, 0.4) is 0 Å². The van der Waals surface area contributed by atoms with Crippen molar-refractivity contribution in [3.63, 3.8) is 0 Å². The molecule has 0 fully saturated rings. The second-order valence-corrected chi connectivity index (χ2v) is 7.58. The first kappa shape index (κ1) is 21.6. The van der Waals surface area contributed by atoms with Gasteiger partial charge in [0.25, 0.3) is 0 Å². The summed E-state index contributed by atoms with van der Waals surface area (Å²) in [6.07, 6.45) is 14.6. The second kappa shape index (κ2) is 12.0. The zero-order chi connectivity index (χ0) is 18.7. The first-order valence-electron chi connectivity index (χ1n) is 9.68. The molecule has 1 aliphatic carbocycles. The largest absolute Gasteiger partial charge is 0.481 e. The fraction of sp³-hybridized carbons (Fsp3) is 0.714. The molecule has 0 aliphatic heterocycles. The lowest BCUT2D eigenvalue weighted by Gasteiger charge is -2.15. The molecule has 0 radical (unpaired) electrons. The van der Waals surface area contributed by atoms with Crippen molar-refractivity contribution in [2.24, 2.45) is 17.8 Å². The summed E-state index contributed by atoms with van der Waals surface area (Å²) in [5.41, 5.74) is 0. The van der Waals surface area contributed by atoms with Crippen molar-refractivity contribution >= 4 is 11.8 Å². The van der Waals surface area contributed by atoms with Gasteiger partial charge in [-0.1, -0.05) is 51.3 Å². The van der Waals surface area contributed by atoms with Crippen molar-refractivity contribution in [2.75, 3.05) is 0 Å². The number of aliphatic carboxylic acids is 1. The molecule has 0 bridgehead atoms. The molecule has 0 aromatic heterocycles. The smallest absolute Gasteiger partial charge is 0.303 e. The summed E-state index contributed by atoms with van der Waals surface area (Å²) in [6, 6.07) is 0. The molecule has 0 aromatic rings. The minimum Gasteiger partial charge on any atom is -0.481 e. The van der Waals surface area contributed by atoms with E-state index in [0.717, 1.165) is 38.5 Å². The monoisotopic (exact) mass is 350 g/mol. The molecule has 1 aliphatic rings. The molecule has 3 atom stereocenters.